The summed E-state index contributed by atoms with van der Waals surface area (Å²) in [5, 5.41) is 3.63. The SMILES string of the molecule is CN(CCC1CCCCN1)C1CCSC1. The minimum absolute atomic E-state index is 0.801. The van der Waals surface area contributed by atoms with Gasteiger partial charge in [0.1, 0.15) is 0 Å². The molecule has 2 atom stereocenters. The molecule has 0 aliphatic carbocycles. The third kappa shape index (κ3) is 3.65. The van der Waals surface area contributed by atoms with Crippen LogP contribution in [-0.4, -0.2) is 48.6 Å². The standard InChI is InChI=1S/C12H24N2S/c1-14(12-6-9-15-10-12)8-5-11-4-2-3-7-13-11/h11-13H,2-10H2,1H3. The molecular formula is C12H24N2S. The van der Waals surface area contributed by atoms with Crippen molar-refractivity contribution in [3.8, 4) is 0 Å². The van der Waals surface area contributed by atoms with Crippen molar-refractivity contribution >= 4 is 11.8 Å². The first kappa shape index (κ1) is 11.7. The van der Waals surface area contributed by atoms with Crippen molar-refractivity contribution in [2.45, 2.75) is 44.2 Å². The van der Waals surface area contributed by atoms with E-state index in [1.54, 1.807) is 0 Å². The van der Waals surface area contributed by atoms with Crippen molar-refractivity contribution in [1.82, 2.24) is 10.2 Å². The van der Waals surface area contributed by atoms with E-state index >= 15 is 0 Å². The monoisotopic (exact) mass is 228 g/mol. The molecule has 0 radical (unpaired) electrons. The van der Waals surface area contributed by atoms with Crippen molar-refractivity contribution in [1.29, 1.82) is 0 Å². The van der Waals surface area contributed by atoms with Gasteiger partial charge in [0.2, 0.25) is 0 Å². The van der Waals surface area contributed by atoms with Crippen LogP contribution in [0.1, 0.15) is 32.1 Å². The summed E-state index contributed by atoms with van der Waals surface area (Å²) < 4.78 is 0. The highest BCUT2D eigenvalue weighted by Gasteiger charge is 2.21. The Bertz CT molecular complexity index is 174. The minimum atomic E-state index is 0.801. The first-order chi connectivity index (χ1) is 7.36. The lowest BCUT2D eigenvalue weighted by atomic mass is 10.0. The van der Waals surface area contributed by atoms with Crippen LogP contribution in [-0.2, 0) is 0 Å². The van der Waals surface area contributed by atoms with E-state index in [0.717, 1.165) is 12.1 Å². The summed E-state index contributed by atoms with van der Waals surface area (Å²) in [4.78, 5) is 2.58. The van der Waals surface area contributed by atoms with E-state index in [1.807, 2.05) is 0 Å². The Labute approximate surface area is 98.2 Å². The smallest absolute Gasteiger partial charge is 0.0191 e. The Morgan fingerprint density at radius 1 is 1.33 bits per heavy atom. The van der Waals surface area contributed by atoms with Gasteiger partial charge < -0.3 is 10.2 Å². The molecule has 2 unspecified atom stereocenters. The Kier molecular flexibility index (Phi) is 4.79. The summed E-state index contributed by atoms with van der Waals surface area (Å²) in [6.07, 6.45) is 6.95. The van der Waals surface area contributed by atoms with Gasteiger partial charge in [-0.2, -0.15) is 11.8 Å². The van der Waals surface area contributed by atoms with Crippen molar-refractivity contribution in [3.05, 3.63) is 0 Å². The summed E-state index contributed by atoms with van der Waals surface area (Å²) >= 11 is 2.11. The second kappa shape index (κ2) is 6.12. The van der Waals surface area contributed by atoms with Gasteiger partial charge in [0, 0.05) is 17.8 Å². The van der Waals surface area contributed by atoms with E-state index in [9.17, 15) is 0 Å². The van der Waals surface area contributed by atoms with Crippen molar-refractivity contribution in [3.63, 3.8) is 0 Å². The van der Waals surface area contributed by atoms with Gasteiger partial charge >= 0.3 is 0 Å². The molecule has 15 heavy (non-hydrogen) atoms. The van der Waals surface area contributed by atoms with Gasteiger partial charge in [0.25, 0.3) is 0 Å². The molecule has 2 heterocycles. The molecule has 0 bridgehead atoms. The number of hydrogen-bond donors (Lipinski definition) is 1. The molecule has 0 amide bonds. The zero-order valence-corrected chi connectivity index (χ0v) is 10.7. The highest BCUT2D eigenvalue weighted by atomic mass is 32.2. The van der Waals surface area contributed by atoms with Gasteiger partial charge in [-0.3, -0.25) is 0 Å². The van der Waals surface area contributed by atoms with E-state index in [2.05, 4.69) is 29.0 Å². The normalized spacial score (nSPS) is 32.4. The summed E-state index contributed by atoms with van der Waals surface area (Å²) in [7, 11) is 2.30. The average molecular weight is 228 g/mol. The quantitative estimate of drug-likeness (QED) is 0.792. The predicted molar refractivity (Wildman–Crippen MR) is 68.6 cm³/mol. The number of rotatable bonds is 4. The molecule has 2 saturated heterocycles. The first-order valence-corrected chi connectivity index (χ1v) is 7.53. The molecule has 0 aromatic carbocycles. The molecule has 0 aromatic rings. The summed E-state index contributed by atoms with van der Waals surface area (Å²) in [5.74, 6) is 2.73. The topological polar surface area (TPSA) is 15.3 Å². The molecule has 0 aromatic heterocycles. The highest BCUT2D eigenvalue weighted by Crippen LogP contribution is 2.21. The molecule has 3 heteroatoms. The van der Waals surface area contributed by atoms with Crippen molar-refractivity contribution in [2.24, 2.45) is 0 Å². The fourth-order valence-electron chi connectivity index (χ4n) is 2.58. The predicted octanol–water partition coefficient (Wildman–Crippen LogP) is 1.96. The third-order valence-electron chi connectivity index (χ3n) is 3.77. The number of nitrogens with one attached hydrogen (secondary N) is 1. The maximum absolute atomic E-state index is 3.63. The van der Waals surface area contributed by atoms with Gasteiger partial charge in [0.15, 0.2) is 0 Å². The molecule has 2 aliphatic rings. The number of hydrogen-bond acceptors (Lipinski definition) is 3. The van der Waals surface area contributed by atoms with E-state index in [4.69, 9.17) is 0 Å². The highest BCUT2D eigenvalue weighted by molar-refractivity contribution is 7.99. The van der Waals surface area contributed by atoms with E-state index in [0.29, 0.717) is 0 Å². The van der Waals surface area contributed by atoms with E-state index in [1.165, 1.54) is 56.7 Å². The summed E-state index contributed by atoms with van der Waals surface area (Å²) in [6, 6.07) is 1.66. The maximum Gasteiger partial charge on any atom is 0.0191 e. The van der Waals surface area contributed by atoms with Gasteiger partial charge in [0.05, 0.1) is 0 Å². The van der Waals surface area contributed by atoms with E-state index < -0.39 is 0 Å². The zero-order valence-electron chi connectivity index (χ0n) is 9.87. The maximum atomic E-state index is 3.63. The van der Waals surface area contributed by atoms with E-state index in [-0.39, 0.29) is 0 Å². The average Bonchev–Trinajstić information content (AvgIpc) is 2.81. The minimum Gasteiger partial charge on any atom is -0.314 e. The van der Waals surface area contributed by atoms with Crippen LogP contribution < -0.4 is 5.32 Å². The molecule has 2 rings (SSSR count). The second-order valence-corrected chi connectivity index (χ2v) is 6.08. The number of piperidine rings is 1. The van der Waals surface area contributed by atoms with Gasteiger partial charge in [-0.15, -0.1) is 0 Å². The largest absolute Gasteiger partial charge is 0.314 e. The second-order valence-electron chi connectivity index (χ2n) is 4.93. The first-order valence-electron chi connectivity index (χ1n) is 6.37. The Morgan fingerprint density at radius 2 is 2.27 bits per heavy atom. The third-order valence-corrected chi connectivity index (χ3v) is 4.92. The van der Waals surface area contributed by atoms with Crippen LogP contribution in [0.2, 0.25) is 0 Å². The fraction of sp³-hybridized carbons (Fsp3) is 1.00. The Balaban J connectivity index is 1.63. The van der Waals surface area contributed by atoms with Crippen LogP contribution in [0.15, 0.2) is 0 Å². The zero-order chi connectivity index (χ0) is 10.5. The lowest BCUT2D eigenvalue weighted by Crippen LogP contribution is -2.39. The molecule has 0 saturated carbocycles. The van der Waals surface area contributed by atoms with Gasteiger partial charge in [-0.05, 0) is 51.6 Å². The summed E-state index contributed by atoms with van der Waals surface area (Å²) in [6.45, 7) is 2.52. The summed E-state index contributed by atoms with van der Waals surface area (Å²) in [5.41, 5.74) is 0. The lowest BCUT2D eigenvalue weighted by Gasteiger charge is -2.28. The molecule has 0 spiro atoms. The Hall–Kier alpha value is 0.270. The molecule has 2 nitrogen and oxygen atoms in total. The Morgan fingerprint density at radius 3 is 2.93 bits per heavy atom. The molecule has 2 aliphatic heterocycles. The lowest BCUT2D eigenvalue weighted by molar-refractivity contribution is 0.238. The molecular weight excluding hydrogens is 204 g/mol. The van der Waals surface area contributed by atoms with Crippen LogP contribution in [0.4, 0.5) is 0 Å². The van der Waals surface area contributed by atoms with Crippen LogP contribution in [0.3, 0.4) is 0 Å². The van der Waals surface area contributed by atoms with Gasteiger partial charge in [-0.25, -0.2) is 0 Å². The molecule has 88 valence electrons. The van der Waals surface area contributed by atoms with Crippen molar-refractivity contribution < 1.29 is 0 Å². The number of nitrogens with zero attached hydrogens (tertiary/aromatic N) is 1. The molecule has 1 N–H and O–H groups in total. The fourth-order valence-corrected chi connectivity index (χ4v) is 3.88. The van der Waals surface area contributed by atoms with Crippen LogP contribution in [0, 0.1) is 0 Å². The van der Waals surface area contributed by atoms with Gasteiger partial charge in [-0.1, -0.05) is 6.42 Å². The molecule has 2 fully saturated rings. The number of thioether (sulfide) groups is 1. The van der Waals surface area contributed by atoms with Crippen LogP contribution >= 0.6 is 11.8 Å². The van der Waals surface area contributed by atoms with Crippen LogP contribution in [0.5, 0.6) is 0 Å². The van der Waals surface area contributed by atoms with Crippen LogP contribution in [0.25, 0.3) is 0 Å². The van der Waals surface area contributed by atoms with Crippen molar-refractivity contribution in [2.75, 3.05) is 31.6 Å².